The van der Waals surface area contributed by atoms with Crippen LogP contribution in [-0.2, 0) is 4.74 Å². The molecule has 0 heterocycles. The average Bonchev–Trinajstić information content (AvgIpc) is 1.82. The first-order chi connectivity index (χ1) is 4.09. The van der Waals surface area contributed by atoms with E-state index in [4.69, 9.17) is 4.74 Å². The Bertz CT molecular complexity index is 109. The fourth-order valence-electron chi connectivity index (χ4n) is 1.26. The molecule has 2 heteroatoms. The largest absolute Gasteiger partial charge is 0.392 e. The van der Waals surface area contributed by atoms with Crippen molar-refractivity contribution in [2.75, 3.05) is 7.11 Å². The Hall–Kier alpha value is -0.0800. The molecular weight excluding hydrogens is 116 g/mol. The molecule has 0 saturated heterocycles. The van der Waals surface area contributed by atoms with Crippen LogP contribution in [0.4, 0.5) is 0 Å². The summed E-state index contributed by atoms with van der Waals surface area (Å²) in [5.41, 5.74) is -0.0191. The normalized spacial score (nSPS) is 40.0. The Kier molecular flexibility index (Phi) is 1.53. The number of aliphatic hydroxyl groups excluding tert-OH is 1. The number of hydrogen-bond acceptors (Lipinski definition) is 2. The highest BCUT2D eigenvalue weighted by atomic mass is 16.5. The predicted octanol–water partition coefficient (Wildman–Crippen LogP) is 0.792. The van der Waals surface area contributed by atoms with E-state index in [2.05, 4.69) is 0 Å². The summed E-state index contributed by atoms with van der Waals surface area (Å²) < 4.78 is 5.11. The van der Waals surface area contributed by atoms with E-state index in [0.29, 0.717) is 0 Å². The van der Waals surface area contributed by atoms with Gasteiger partial charge in [-0.1, -0.05) is 13.8 Å². The van der Waals surface area contributed by atoms with Gasteiger partial charge < -0.3 is 9.84 Å². The van der Waals surface area contributed by atoms with Gasteiger partial charge in [-0.15, -0.1) is 0 Å². The van der Waals surface area contributed by atoms with Gasteiger partial charge in [0.15, 0.2) is 0 Å². The second-order valence-corrected chi connectivity index (χ2v) is 3.30. The molecule has 54 valence electrons. The number of ether oxygens (including phenoxy) is 1. The molecule has 0 spiro atoms. The van der Waals surface area contributed by atoms with Crippen molar-refractivity contribution in [1.82, 2.24) is 0 Å². The van der Waals surface area contributed by atoms with Crippen LogP contribution in [0.15, 0.2) is 0 Å². The van der Waals surface area contributed by atoms with Crippen LogP contribution in [0.2, 0.25) is 0 Å². The highest BCUT2D eigenvalue weighted by molar-refractivity contribution is 4.97. The molecule has 9 heavy (non-hydrogen) atoms. The van der Waals surface area contributed by atoms with Gasteiger partial charge in [0.2, 0.25) is 0 Å². The lowest BCUT2D eigenvalue weighted by atomic mass is 9.66. The standard InChI is InChI=1S/C7H14O2/c1-7(2)5(8)4-6(7)9-3/h5-6,8H,4H2,1-3H3. The van der Waals surface area contributed by atoms with Crippen molar-refractivity contribution in [3.05, 3.63) is 0 Å². The highest BCUT2D eigenvalue weighted by Crippen LogP contribution is 2.41. The molecule has 0 amide bonds. The third kappa shape index (κ3) is 0.864. The number of methoxy groups -OCH3 is 1. The predicted molar refractivity (Wildman–Crippen MR) is 35.2 cm³/mol. The maximum absolute atomic E-state index is 9.20. The van der Waals surface area contributed by atoms with Gasteiger partial charge in [-0.05, 0) is 0 Å². The summed E-state index contributed by atoms with van der Waals surface area (Å²) in [6.45, 7) is 4.05. The molecule has 1 aliphatic carbocycles. The first-order valence-electron chi connectivity index (χ1n) is 3.30. The zero-order valence-electron chi connectivity index (χ0n) is 6.22. The van der Waals surface area contributed by atoms with Crippen molar-refractivity contribution < 1.29 is 9.84 Å². The zero-order chi connectivity index (χ0) is 7.07. The summed E-state index contributed by atoms with van der Waals surface area (Å²) in [6.07, 6.45) is 0.888. The molecule has 0 radical (unpaired) electrons. The Balaban J connectivity index is 2.48. The van der Waals surface area contributed by atoms with Gasteiger partial charge in [-0.3, -0.25) is 0 Å². The van der Waals surface area contributed by atoms with Crippen molar-refractivity contribution in [2.24, 2.45) is 5.41 Å². The van der Waals surface area contributed by atoms with E-state index in [1.54, 1.807) is 7.11 Å². The lowest BCUT2D eigenvalue weighted by molar-refractivity contribution is -0.162. The molecule has 0 aromatic heterocycles. The summed E-state index contributed by atoms with van der Waals surface area (Å²) in [5.74, 6) is 0. The van der Waals surface area contributed by atoms with Gasteiger partial charge in [0.1, 0.15) is 0 Å². The van der Waals surface area contributed by atoms with E-state index in [0.717, 1.165) is 6.42 Å². The number of rotatable bonds is 1. The van der Waals surface area contributed by atoms with Crippen molar-refractivity contribution in [2.45, 2.75) is 32.5 Å². The lowest BCUT2D eigenvalue weighted by Gasteiger charge is -2.48. The second-order valence-electron chi connectivity index (χ2n) is 3.30. The maximum Gasteiger partial charge on any atom is 0.0671 e. The second kappa shape index (κ2) is 1.96. The minimum absolute atomic E-state index is 0.0191. The van der Waals surface area contributed by atoms with Gasteiger partial charge in [-0.2, -0.15) is 0 Å². The third-order valence-electron chi connectivity index (χ3n) is 2.41. The molecule has 1 rings (SSSR count). The van der Waals surface area contributed by atoms with Gasteiger partial charge in [0, 0.05) is 18.9 Å². The van der Waals surface area contributed by atoms with Gasteiger partial charge >= 0.3 is 0 Å². The van der Waals surface area contributed by atoms with Crippen molar-refractivity contribution in [1.29, 1.82) is 0 Å². The fourth-order valence-corrected chi connectivity index (χ4v) is 1.26. The van der Waals surface area contributed by atoms with Crippen molar-refractivity contribution in [3.8, 4) is 0 Å². The van der Waals surface area contributed by atoms with Gasteiger partial charge in [-0.25, -0.2) is 0 Å². The van der Waals surface area contributed by atoms with Crippen LogP contribution >= 0.6 is 0 Å². The maximum atomic E-state index is 9.20. The molecular formula is C7H14O2. The van der Waals surface area contributed by atoms with Crippen molar-refractivity contribution in [3.63, 3.8) is 0 Å². The van der Waals surface area contributed by atoms with Crippen LogP contribution in [0, 0.1) is 5.41 Å². The Morgan fingerprint density at radius 2 is 2.11 bits per heavy atom. The first-order valence-corrected chi connectivity index (χ1v) is 3.30. The minimum Gasteiger partial charge on any atom is -0.392 e. The summed E-state index contributed by atoms with van der Waals surface area (Å²) in [6, 6.07) is 0. The fraction of sp³-hybridized carbons (Fsp3) is 1.00. The molecule has 0 aliphatic heterocycles. The number of aliphatic hydroxyl groups is 1. The Morgan fingerprint density at radius 3 is 2.22 bits per heavy atom. The van der Waals surface area contributed by atoms with E-state index in [-0.39, 0.29) is 17.6 Å². The first kappa shape index (κ1) is 7.03. The molecule has 2 nitrogen and oxygen atoms in total. The van der Waals surface area contributed by atoms with E-state index in [1.165, 1.54) is 0 Å². The van der Waals surface area contributed by atoms with Crippen LogP contribution in [0.1, 0.15) is 20.3 Å². The zero-order valence-corrected chi connectivity index (χ0v) is 6.22. The summed E-state index contributed by atoms with van der Waals surface area (Å²) in [7, 11) is 1.69. The lowest BCUT2D eigenvalue weighted by Crippen LogP contribution is -2.53. The third-order valence-corrected chi connectivity index (χ3v) is 2.41. The minimum atomic E-state index is -0.164. The van der Waals surface area contributed by atoms with E-state index in [9.17, 15) is 5.11 Å². The molecule has 1 N–H and O–H groups in total. The van der Waals surface area contributed by atoms with Crippen LogP contribution < -0.4 is 0 Å². The molecule has 2 unspecified atom stereocenters. The molecule has 1 aliphatic rings. The summed E-state index contributed by atoms with van der Waals surface area (Å²) >= 11 is 0. The van der Waals surface area contributed by atoms with E-state index >= 15 is 0 Å². The Morgan fingerprint density at radius 1 is 1.56 bits per heavy atom. The smallest absolute Gasteiger partial charge is 0.0671 e. The van der Waals surface area contributed by atoms with Crippen LogP contribution in [-0.4, -0.2) is 24.4 Å². The molecule has 1 saturated carbocycles. The monoisotopic (exact) mass is 130 g/mol. The average molecular weight is 130 g/mol. The highest BCUT2D eigenvalue weighted by Gasteiger charge is 2.47. The Labute approximate surface area is 55.8 Å². The van der Waals surface area contributed by atoms with E-state index < -0.39 is 0 Å². The summed E-state index contributed by atoms with van der Waals surface area (Å²) in [5, 5.41) is 9.20. The summed E-state index contributed by atoms with van der Waals surface area (Å²) in [4.78, 5) is 0. The van der Waals surface area contributed by atoms with Gasteiger partial charge in [0.05, 0.1) is 12.2 Å². The quantitative estimate of drug-likeness (QED) is 0.568. The number of hydrogen-bond donors (Lipinski definition) is 1. The van der Waals surface area contributed by atoms with E-state index in [1.807, 2.05) is 13.8 Å². The topological polar surface area (TPSA) is 29.5 Å². The molecule has 0 bridgehead atoms. The van der Waals surface area contributed by atoms with Crippen molar-refractivity contribution >= 4 is 0 Å². The van der Waals surface area contributed by atoms with Crippen LogP contribution in [0.3, 0.4) is 0 Å². The molecule has 1 fully saturated rings. The molecule has 0 aromatic carbocycles. The van der Waals surface area contributed by atoms with Gasteiger partial charge in [0.25, 0.3) is 0 Å². The van der Waals surface area contributed by atoms with Crippen LogP contribution in [0.5, 0.6) is 0 Å². The molecule has 2 atom stereocenters. The SMILES string of the molecule is COC1CC(O)C1(C)C. The molecule has 0 aromatic rings. The van der Waals surface area contributed by atoms with Crippen LogP contribution in [0.25, 0.3) is 0 Å².